The van der Waals surface area contributed by atoms with Crippen LogP contribution in [0.3, 0.4) is 0 Å². The molecular formula is C39H37F3N6O4S. The SMILES string of the molecule is O=C(Nc1ccc(C2S/C(=N\c3ccc(N4CCOCC4)cc3)N(Cc3ccccn3)C2=O)cc1)[C@@H]1CCCN1C(=O)Cc1ccc(C(F)(F)F)cc1. The maximum atomic E-state index is 13.9. The largest absolute Gasteiger partial charge is 0.416 e. The lowest BCUT2D eigenvalue weighted by molar-refractivity contribution is -0.137. The Morgan fingerprint density at radius 3 is 2.34 bits per heavy atom. The van der Waals surface area contributed by atoms with Gasteiger partial charge in [0.1, 0.15) is 11.3 Å². The first kappa shape index (κ1) is 36.2. The third-order valence-corrected chi connectivity index (χ3v) is 10.7. The smallest absolute Gasteiger partial charge is 0.378 e. The number of benzene rings is 3. The lowest BCUT2D eigenvalue weighted by Gasteiger charge is -2.28. The Kier molecular flexibility index (Phi) is 10.8. The van der Waals surface area contributed by atoms with Gasteiger partial charge in [-0.05, 0) is 84.6 Å². The molecule has 53 heavy (non-hydrogen) atoms. The number of aromatic nitrogens is 1. The average molecular weight is 743 g/mol. The topological polar surface area (TPSA) is 107 Å². The maximum absolute atomic E-state index is 13.9. The number of hydrogen-bond acceptors (Lipinski definition) is 8. The Bertz CT molecular complexity index is 1950. The van der Waals surface area contributed by atoms with Crippen LogP contribution in [0.2, 0.25) is 0 Å². The van der Waals surface area contributed by atoms with E-state index in [4.69, 9.17) is 9.73 Å². The number of nitrogens with zero attached hydrogens (tertiary/aromatic N) is 5. The highest BCUT2D eigenvalue weighted by atomic mass is 32.2. The molecule has 0 saturated carbocycles. The summed E-state index contributed by atoms with van der Waals surface area (Å²) in [5, 5.41) is 2.89. The number of likely N-dealkylation sites (tertiary alicyclic amines) is 1. The molecule has 3 aromatic carbocycles. The van der Waals surface area contributed by atoms with E-state index in [-0.39, 0.29) is 30.7 Å². The summed E-state index contributed by atoms with van der Waals surface area (Å²) in [7, 11) is 0. The van der Waals surface area contributed by atoms with Crippen LogP contribution in [0.25, 0.3) is 0 Å². The highest BCUT2D eigenvalue weighted by Crippen LogP contribution is 2.41. The molecule has 1 N–H and O–H groups in total. The van der Waals surface area contributed by atoms with E-state index in [2.05, 4.69) is 15.2 Å². The van der Waals surface area contributed by atoms with E-state index >= 15 is 0 Å². The Hall–Kier alpha value is -5.21. The molecule has 14 heteroatoms. The number of hydrogen-bond donors (Lipinski definition) is 1. The van der Waals surface area contributed by atoms with Crippen LogP contribution in [0, 0.1) is 0 Å². The fourth-order valence-corrected chi connectivity index (χ4v) is 7.79. The van der Waals surface area contributed by atoms with Crippen LogP contribution in [0.5, 0.6) is 0 Å². The maximum Gasteiger partial charge on any atom is 0.416 e. The number of amides is 3. The molecule has 274 valence electrons. The van der Waals surface area contributed by atoms with Gasteiger partial charge in [0.15, 0.2) is 5.17 Å². The summed E-state index contributed by atoms with van der Waals surface area (Å²) in [5.41, 5.74) is 3.46. The minimum atomic E-state index is -4.46. The van der Waals surface area contributed by atoms with Crippen molar-refractivity contribution < 1.29 is 32.3 Å². The molecule has 3 amide bonds. The van der Waals surface area contributed by atoms with Gasteiger partial charge in [0, 0.05) is 37.2 Å². The lowest BCUT2D eigenvalue weighted by Crippen LogP contribution is -2.43. The summed E-state index contributed by atoms with van der Waals surface area (Å²) in [6.07, 6.45) is -1.77. The van der Waals surface area contributed by atoms with Gasteiger partial charge in [0.05, 0.1) is 43.1 Å². The molecule has 3 aliphatic rings. The van der Waals surface area contributed by atoms with Gasteiger partial charge < -0.3 is 19.9 Å². The molecule has 1 unspecified atom stereocenters. The number of pyridine rings is 1. The molecule has 0 radical (unpaired) electrons. The van der Waals surface area contributed by atoms with E-state index in [9.17, 15) is 27.6 Å². The number of nitrogens with one attached hydrogen (secondary N) is 1. The number of thioether (sulfide) groups is 1. The number of amidine groups is 1. The summed E-state index contributed by atoms with van der Waals surface area (Å²) < 4.78 is 44.3. The number of halogens is 3. The Morgan fingerprint density at radius 2 is 1.66 bits per heavy atom. The van der Waals surface area contributed by atoms with Gasteiger partial charge in [-0.2, -0.15) is 13.2 Å². The standard InChI is InChI=1S/C39H37F3N6O4S/c40-39(41,42)28-10-6-26(7-11-28)24-34(49)47-19-3-5-33(47)36(50)44-29-12-8-27(9-13-29)35-37(51)48(25-31-4-1-2-18-43-31)38(53-35)45-30-14-16-32(17-15-30)46-20-22-52-23-21-46/h1-2,4,6-18,33,35H,3,5,19-25H2,(H,44,50)/b45-38-/t33-,35?/m0/s1. The van der Waals surface area contributed by atoms with Gasteiger partial charge in [0.2, 0.25) is 17.7 Å². The van der Waals surface area contributed by atoms with Crippen molar-refractivity contribution in [3.05, 3.63) is 120 Å². The number of carbonyl (C=O) groups is 3. The zero-order chi connectivity index (χ0) is 37.0. The lowest BCUT2D eigenvalue weighted by atomic mass is 10.1. The van der Waals surface area contributed by atoms with Crippen LogP contribution in [-0.2, 0) is 38.3 Å². The fourth-order valence-electron chi connectivity index (χ4n) is 6.61. The normalized spacial score (nSPS) is 19.9. The van der Waals surface area contributed by atoms with Crippen molar-refractivity contribution in [3.63, 3.8) is 0 Å². The number of aliphatic imine (C=N–C) groups is 1. The minimum Gasteiger partial charge on any atom is -0.378 e. The molecule has 2 atom stereocenters. The predicted molar refractivity (Wildman–Crippen MR) is 197 cm³/mol. The van der Waals surface area contributed by atoms with Gasteiger partial charge in [-0.1, -0.05) is 42.1 Å². The number of morpholine rings is 1. The highest BCUT2D eigenvalue weighted by Gasteiger charge is 2.40. The van der Waals surface area contributed by atoms with E-state index < -0.39 is 23.0 Å². The van der Waals surface area contributed by atoms with Crippen molar-refractivity contribution in [2.24, 2.45) is 4.99 Å². The number of rotatable bonds is 9. The van der Waals surface area contributed by atoms with Gasteiger partial charge >= 0.3 is 6.18 Å². The molecule has 1 aromatic heterocycles. The third-order valence-electron chi connectivity index (χ3n) is 9.43. The summed E-state index contributed by atoms with van der Waals surface area (Å²) in [4.78, 5) is 55.1. The summed E-state index contributed by atoms with van der Waals surface area (Å²) >= 11 is 1.36. The first-order chi connectivity index (χ1) is 25.6. The van der Waals surface area contributed by atoms with Crippen LogP contribution in [0.1, 0.15) is 40.5 Å². The number of carbonyl (C=O) groups excluding carboxylic acids is 3. The molecule has 0 bridgehead atoms. The van der Waals surface area contributed by atoms with Crippen molar-refractivity contribution in [2.75, 3.05) is 43.1 Å². The molecule has 3 aliphatic heterocycles. The van der Waals surface area contributed by atoms with Crippen molar-refractivity contribution in [1.29, 1.82) is 0 Å². The van der Waals surface area contributed by atoms with Crippen LogP contribution >= 0.6 is 11.8 Å². The second kappa shape index (κ2) is 15.8. The summed E-state index contributed by atoms with van der Waals surface area (Å²) in [6.45, 7) is 3.68. The van der Waals surface area contributed by atoms with Crippen LogP contribution < -0.4 is 10.2 Å². The zero-order valence-electron chi connectivity index (χ0n) is 28.7. The first-order valence-electron chi connectivity index (χ1n) is 17.4. The van der Waals surface area contributed by atoms with Crippen LogP contribution in [0.4, 0.5) is 30.2 Å². The van der Waals surface area contributed by atoms with E-state index in [1.807, 2.05) is 42.5 Å². The molecule has 3 saturated heterocycles. The van der Waals surface area contributed by atoms with Crippen LogP contribution in [-0.4, -0.2) is 76.6 Å². The minimum absolute atomic E-state index is 0.105. The first-order valence-corrected chi connectivity index (χ1v) is 18.3. The van der Waals surface area contributed by atoms with E-state index in [0.29, 0.717) is 49.0 Å². The Labute approximate surface area is 309 Å². The molecule has 3 fully saturated rings. The highest BCUT2D eigenvalue weighted by molar-refractivity contribution is 8.15. The molecule has 10 nitrogen and oxygen atoms in total. The molecule has 7 rings (SSSR count). The molecule has 4 aromatic rings. The quantitative estimate of drug-likeness (QED) is 0.206. The molecule has 0 spiro atoms. The van der Waals surface area contributed by atoms with Crippen molar-refractivity contribution >= 4 is 51.7 Å². The fraction of sp³-hybridized carbons (Fsp3) is 0.308. The molecule has 0 aliphatic carbocycles. The summed E-state index contributed by atoms with van der Waals surface area (Å²) in [5.74, 6) is -0.803. The number of alkyl halides is 3. The third kappa shape index (κ3) is 8.55. The van der Waals surface area contributed by atoms with E-state index in [1.165, 1.54) is 28.8 Å². The van der Waals surface area contributed by atoms with Crippen molar-refractivity contribution in [1.82, 2.24) is 14.8 Å². The Morgan fingerprint density at radius 1 is 0.925 bits per heavy atom. The van der Waals surface area contributed by atoms with Gasteiger partial charge in [-0.15, -0.1) is 0 Å². The number of anilines is 2. The van der Waals surface area contributed by atoms with Gasteiger partial charge in [-0.25, -0.2) is 4.99 Å². The van der Waals surface area contributed by atoms with Crippen molar-refractivity contribution in [2.45, 2.75) is 43.3 Å². The van der Waals surface area contributed by atoms with Crippen molar-refractivity contribution in [3.8, 4) is 0 Å². The predicted octanol–water partition coefficient (Wildman–Crippen LogP) is 6.61. The van der Waals surface area contributed by atoms with E-state index in [0.717, 1.165) is 47.9 Å². The van der Waals surface area contributed by atoms with Gasteiger partial charge in [0.25, 0.3) is 0 Å². The zero-order valence-corrected chi connectivity index (χ0v) is 29.5. The second-order valence-corrected chi connectivity index (χ2v) is 14.1. The average Bonchev–Trinajstić information content (AvgIpc) is 3.78. The molecular weight excluding hydrogens is 706 g/mol. The monoisotopic (exact) mass is 742 g/mol. The second-order valence-electron chi connectivity index (χ2n) is 13.0. The number of ether oxygens (including phenoxy) is 1. The molecule has 4 heterocycles. The Balaban J connectivity index is 1.02. The summed E-state index contributed by atoms with van der Waals surface area (Å²) in [6, 6.07) is 24.3. The van der Waals surface area contributed by atoms with Crippen LogP contribution in [0.15, 0.2) is 102 Å². The van der Waals surface area contributed by atoms with Gasteiger partial charge in [-0.3, -0.25) is 24.3 Å². The van der Waals surface area contributed by atoms with E-state index in [1.54, 1.807) is 35.4 Å².